The number of anilines is 10. The molecule has 0 spiro atoms. The number of rotatable bonds is 23. The molecule has 0 radical (unpaired) electrons. The van der Waals surface area contributed by atoms with Crippen LogP contribution in [0.2, 0.25) is 0 Å². The van der Waals surface area contributed by atoms with Crippen LogP contribution in [0.4, 0.5) is 84.0 Å². The molecule has 2 aliphatic rings. The zero-order valence-electron chi connectivity index (χ0n) is 48.8. The van der Waals surface area contributed by atoms with E-state index in [1.54, 1.807) is 45.2 Å². The highest BCUT2D eigenvalue weighted by Crippen LogP contribution is 2.39. The second-order valence-corrected chi connectivity index (χ2v) is 25.9. The van der Waals surface area contributed by atoms with E-state index in [2.05, 4.69) is 84.1 Å². The summed E-state index contributed by atoms with van der Waals surface area (Å²) < 4.78 is 151. The number of piperidine rings is 1. The van der Waals surface area contributed by atoms with E-state index in [0.717, 1.165) is 75.8 Å². The highest BCUT2D eigenvalue weighted by molar-refractivity contribution is 7.92. The third-order valence-electron chi connectivity index (χ3n) is 14.2. The Balaban J connectivity index is 0.000000244. The Labute approximate surface area is 492 Å². The lowest BCUT2D eigenvalue weighted by Crippen LogP contribution is -2.49. The molecule has 4 heterocycles. The van der Waals surface area contributed by atoms with Crippen LogP contribution in [0.3, 0.4) is 0 Å². The fourth-order valence-corrected chi connectivity index (χ4v) is 11.9. The Morgan fingerprint density at radius 3 is 1.47 bits per heavy atom. The molecule has 0 amide bonds. The van der Waals surface area contributed by atoms with Gasteiger partial charge in [0.1, 0.15) is 5.75 Å². The van der Waals surface area contributed by atoms with Crippen LogP contribution in [0.15, 0.2) is 101 Å². The Bertz CT molecular complexity index is 3450. The van der Waals surface area contributed by atoms with Crippen LogP contribution in [-0.2, 0) is 19.7 Å². The Morgan fingerprint density at radius 1 is 0.553 bits per heavy atom. The van der Waals surface area contributed by atoms with Crippen LogP contribution in [-0.4, -0.2) is 149 Å². The Hall–Kier alpha value is -7.56. The smallest absolute Gasteiger partial charge is 0.387 e. The summed E-state index contributed by atoms with van der Waals surface area (Å²) in [5.74, 6) is -0.922. The first kappa shape index (κ1) is 65.0. The van der Waals surface area contributed by atoms with Crippen molar-refractivity contribution in [3.05, 3.63) is 96.8 Å². The van der Waals surface area contributed by atoms with Crippen LogP contribution < -0.4 is 50.0 Å². The molecule has 20 nitrogen and oxygen atoms in total. The van der Waals surface area contributed by atoms with Crippen LogP contribution in [0.1, 0.15) is 59.9 Å². The molecule has 8 rings (SSSR count). The number of aromatic nitrogens is 4. The monoisotopic (exact) mass is 1230 g/mol. The number of piperazine rings is 1. The number of ether oxygens (including phenoxy) is 4. The van der Waals surface area contributed by atoms with Crippen LogP contribution >= 0.6 is 0 Å². The fraction of sp³-hybridized carbons (Fsp3) is 0.439. The highest BCUT2D eigenvalue weighted by Gasteiger charge is 2.28. The molecule has 85 heavy (non-hydrogen) atoms. The number of hydrogen-bond donors (Lipinski definition) is 4. The number of alkyl halides is 6. The van der Waals surface area contributed by atoms with Crippen molar-refractivity contribution in [1.29, 1.82) is 0 Å². The Morgan fingerprint density at radius 2 is 1.02 bits per heavy atom. The number of halogens is 6. The molecule has 0 bridgehead atoms. The van der Waals surface area contributed by atoms with Crippen molar-refractivity contribution in [3.8, 4) is 23.0 Å². The summed E-state index contributed by atoms with van der Waals surface area (Å²) in [5, 5.41) is 10.1. The number of nitrogens with zero attached hydrogens (tertiary/aromatic N) is 8. The lowest BCUT2D eigenvalue weighted by Gasteiger charge is -2.38. The summed E-state index contributed by atoms with van der Waals surface area (Å²) in [7, 11) is -1.84. The van der Waals surface area contributed by atoms with E-state index in [0.29, 0.717) is 29.2 Å². The van der Waals surface area contributed by atoms with Crippen molar-refractivity contribution in [2.45, 2.75) is 114 Å². The quantitative estimate of drug-likeness (QED) is 0.0438. The SMILES string of the molecule is CC(C)S(=O)(=O)c1ccccc1Nc1nc(Nc2ccc(N3CCC(N(C)C)CC3)cc2OC(F)F)ncc1OC(F)F.COc1cc(N2CCN(C(C)C)CC2)c(C)cc1Nc1ncc(OC(F)F)c(Nc2ccccc2S(=O)(=O)C(C)C)n1. The topological polar surface area (TPSA) is 218 Å². The van der Waals surface area contributed by atoms with Gasteiger partial charge in [-0.2, -0.15) is 36.3 Å². The number of para-hydroxylation sites is 2. The van der Waals surface area contributed by atoms with Gasteiger partial charge in [0.2, 0.25) is 11.9 Å². The van der Waals surface area contributed by atoms with Gasteiger partial charge in [0.05, 0.1) is 62.5 Å². The number of aryl methyl sites for hydroxylation is 1. The Kier molecular flexibility index (Phi) is 21.8. The molecule has 2 aliphatic heterocycles. The van der Waals surface area contributed by atoms with E-state index in [-0.39, 0.29) is 61.9 Å². The summed E-state index contributed by atoms with van der Waals surface area (Å²) >= 11 is 0. The van der Waals surface area contributed by atoms with Crippen molar-refractivity contribution in [2.24, 2.45) is 0 Å². The molecule has 0 atom stereocenters. The van der Waals surface area contributed by atoms with Crippen molar-refractivity contribution in [2.75, 3.05) is 91.5 Å². The molecule has 0 aliphatic carbocycles. The van der Waals surface area contributed by atoms with E-state index in [1.807, 2.05) is 33.2 Å². The number of benzene rings is 4. The number of hydrogen-bond acceptors (Lipinski definition) is 20. The highest BCUT2D eigenvalue weighted by atomic mass is 32.2. The van der Waals surface area contributed by atoms with Crippen LogP contribution in [0.5, 0.6) is 23.0 Å². The van der Waals surface area contributed by atoms with Gasteiger partial charge in [-0.15, -0.1) is 0 Å². The molecule has 4 N–H and O–H groups in total. The van der Waals surface area contributed by atoms with Gasteiger partial charge in [0.15, 0.2) is 48.6 Å². The standard InChI is InChI=1S/C29H38F2N6O4S.C28H34F4N6O4S/c1-18(2)36-11-13-37(14-12-36)23-16-24(40-6)22(15-20(23)5)34-29-32-17-25(41-28(30)31)27(35-29)33-21-9-7-8-10-26(21)42(38,39)19(3)4;1-17(2)43(39,40)24-8-6-5-7-21(24)34-25-23(42-27(31)32)16-33-28(36-25)35-20-10-9-19(15-22(20)41-26(29)30)38-13-11-18(12-14-38)37(3)4/h7-10,15-19,28H,11-14H2,1-6H3,(H2,32,33,34,35);5-10,15-18,26-27H,11-14H2,1-4H3,(H2,33,34,35,36). The average Bonchev–Trinajstić information content (AvgIpc) is 3.45. The first-order chi connectivity index (χ1) is 40.2. The van der Waals surface area contributed by atoms with E-state index in [1.165, 1.54) is 56.3 Å². The van der Waals surface area contributed by atoms with Crippen molar-refractivity contribution in [1.82, 2.24) is 29.7 Å². The zero-order valence-corrected chi connectivity index (χ0v) is 50.4. The van der Waals surface area contributed by atoms with Gasteiger partial charge in [-0.05, 0) is 123 Å². The molecule has 2 aromatic heterocycles. The number of nitrogens with one attached hydrogen (secondary N) is 4. The third kappa shape index (κ3) is 16.7. The molecular weight excluding hydrogens is 1160 g/mol. The van der Waals surface area contributed by atoms with Crippen molar-refractivity contribution in [3.63, 3.8) is 0 Å². The molecule has 28 heteroatoms. The van der Waals surface area contributed by atoms with Gasteiger partial charge in [-0.25, -0.2) is 26.8 Å². The minimum Gasteiger partial charge on any atom is -0.494 e. The van der Waals surface area contributed by atoms with Gasteiger partial charge in [-0.3, -0.25) is 4.90 Å². The zero-order chi connectivity index (χ0) is 61.9. The minimum absolute atomic E-state index is 0.0122. The summed E-state index contributed by atoms with van der Waals surface area (Å²) in [6.45, 7) is 8.30. The van der Waals surface area contributed by atoms with Gasteiger partial charge < -0.3 is 54.9 Å². The molecule has 6 aromatic rings. The summed E-state index contributed by atoms with van der Waals surface area (Å²) in [6.07, 6.45) is 3.89. The first-order valence-corrected chi connectivity index (χ1v) is 30.4. The molecule has 2 fully saturated rings. The maximum atomic E-state index is 13.4. The maximum absolute atomic E-state index is 13.4. The van der Waals surface area contributed by atoms with E-state index in [4.69, 9.17) is 9.47 Å². The van der Waals surface area contributed by atoms with E-state index < -0.39 is 55.8 Å². The second kappa shape index (κ2) is 28.6. The van der Waals surface area contributed by atoms with Gasteiger partial charge in [-0.1, -0.05) is 24.3 Å². The van der Waals surface area contributed by atoms with Crippen LogP contribution in [0, 0.1) is 6.92 Å². The maximum Gasteiger partial charge on any atom is 0.387 e. The first-order valence-electron chi connectivity index (χ1n) is 27.3. The van der Waals surface area contributed by atoms with Gasteiger partial charge >= 0.3 is 19.8 Å². The predicted molar refractivity (Wildman–Crippen MR) is 317 cm³/mol. The molecule has 0 saturated carbocycles. The van der Waals surface area contributed by atoms with Crippen molar-refractivity contribution >= 4 is 77.3 Å². The molecule has 0 unspecified atom stereocenters. The number of methoxy groups -OCH3 is 1. The largest absolute Gasteiger partial charge is 0.494 e. The van der Waals surface area contributed by atoms with Gasteiger partial charge in [0, 0.05) is 74.9 Å². The summed E-state index contributed by atoms with van der Waals surface area (Å²) in [4.78, 5) is 25.7. The lowest BCUT2D eigenvalue weighted by molar-refractivity contribution is -0.0504. The second-order valence-electron chi connectivity index (χ2n) is 20.9. The summed E-state index contributed by atoms with van der Waals surface area (Å²) in [6, 6.07) is 21.7. The van der Waals surface area contributed by atoms with Gasteiger partial charge in [0.25, 0.3) is 0 Å². The van der Waals surface area contributed by atoms with E-state index >= 15 is 0 Å². The minimum atomic E-state index is -3.76. The van der Waals surface area contributed by atoms with Crippen molar-refractivity contribution < 1.29 is 62.1 Å². The number of sulfone groups is 2. The normalized spacial score (nSPS) is 14.5. The fourth-order valence-electron chi connectivity index (χ4n) is 9.45. The third-order valence-corrected chi connectivity index (χ3v) is 18.6. The molecule has 462 valence electrons. The summed E-state index contributed by atoms with van der Waals surface area (Å²) in [5.41, 5.74) is 3.70. The predicted octanol–water partition coefficient (Wildman–Crippen LogP) is 11.5. The van der Waals surface area contributed by atoms with Crippen LogP contribution in [0.25, 0.3) is 0 Å². The molecular formula is C57H72F6N12O8S2. The molecule has 2 saturated heterocycles. The average molecular weight is 1230 g/mol. The lowest BCUT2D eigenvalue weighted by atomic mass is 10.0. The van der Waals surface area contributed by atoms with E-state index in [9.17, 15) is 43.2 Å². The molecule has 4 aromatic carbocycles.